The van der Waals surface area contributed by atoms with Crippen molar-refractivity contribution in [1.82, 2.24) is 4.98 Å². The Morgan fingerprint density at radius 3 is 2.27 bits per heavy atom. The normalized spacial score (nSPS) is 10.0. The van der Waals surface area contributed by atoms with E-state index in [0.717, 1.165) is 0 Å². The first-order chi connectivity index (χ1) is 12.7. The number of ether oxygens (including phenoxy) is 1. The fraction of sp³-hybridized carbons (Fsp3) is 0.0500. The second-order valence-electron chi connectivity index (χ2n) is 5.40. The predicted molar refractivity (Wildman–Crippen MR) is 99.6 cm³/mol. The topological polar surface area (TPSA) is 80.3 Å². The Morgan fingerprint density at radius 2 is 1.58 bits per heavy atom. The third kappa shape index (κ3) is 4.05. The molecule has 0 bridgehead atoms. The Balaban J connectivity index is 1.67. The van der Waals surface area contributed by atoms with E-state index in [1.54, 1.807) is 67.9 Å². The minimum atomic E-state index is -0.308. The molecule has 6 heteroatoms. The zero-order valence-corrected chi connectivity index (χ0v) is 14.1. The summed E-state index contributed by atoms with van der Waals surface area (Å²) in [6, 6.07) is 18.9. The highest BCUT2D eigenvalue weighted by molar-refractivity contribution is 6.06. The number of para-hydroxylation sites is 2. The highest BCUT2D eigenvalue weighted by atomic mass is 16.5. The smallest absolute Gasteiger partial charge is 0.274 e. The predicted octanol–water partition coefficient (Wildman–Crippen LogP) is 3.59. The largest absolute Gasteiger partial charge is 0.495 e. The number of carbonyl (C=O) groups is 2. The van der Waals surface area contributed by atoms with Gasteiger partial charge in [0.2, 0.25) is 0 Å². The van der Waals surface area contributed by atoms with E-state index < -0.39 is 0 Å². The molecule has 0 saturated carbocycles. The first kappa shape index (κ1) is 17.2. The van der Waals surface area contributed by atoms with Crippen molar-refractivity contribution in [2.75, 3.05) is 17.7 Å². The summed E-state index contributed by atoms with van der Waals surface area (Å²) >= 11 is 0. The van der Waals surface area contributed by atoms with Crippen LogP contribution in [0.1, 0.15) is 20.8 Å². The van der Waals surface area contributed by atoms with Gasteiger partial charge >= 0.3 is 0 Å². The Morgan fingerprint density at radius 1 is 0.846 bits per heavy atom. The maximum absolute atomic E-state index is 12.4. The lowest BCUT2D eigenvalue weighted by atomic mass is 10.2. The van der Waals surface area contributed by atoms with Gasteiger partial charge in [-0.15, -0.1) is 0 Å². The van der Waals surface area contributed by atoms with Crippen LogP contribution < -0.4 is 15.4 Å². The van der Waals surface area contributed by atoms with E-state index in [1.165, 1.54) is 0 Å². The molecular weight excluding hydrogens is 330 g/mol. The molecule has 3 aromatic rings. The van der Waals surface area contributed by atoms with Crippen LogP contribution in [0.25, 0.3) is 0 Å². The summed E-state index contributed by atoms with van der Waals surface area (Å²) in [5, 5.41) is 5.54. The third-order valence-corrected chi connectivity index (χ3v) is 3.66. The zero-order chi connectivity index (χ0) is 18.4. The van der Waals surface area contributed by atoms with Gasteiger partial charge in [-0.1, -0.05) is 18.2 Å². The van der Waals surface area contributed by atoms with Crippen molar-refractivity contribution >= 4 is 23.2 Å². The molecular formula is C20H17N3O3. The summed E-state index contributed by atoms with van der Waals surface area (Å²) in [6.45, 7) is 0. The molecule has 0 spiro atoms. The maximum Gasteiger partial charge on any atom is 0.274 e. The molecule has 0 aliphatic heterocycles. The molecule has 1 heterocycles. The van der Waals surface area contributed by atoms with E-state index >= 15 is 0 Å². The Hall–Kier alpha value is -3.67. The summed E-state index contributed by atoms with van der Waals surface area (Å²) in [4.78, 5) is 28.4. The summed E-state index contributed by atoms with van der Waals surface area (Å²) in [5.41, 5.74) is 1.96. The number of methoxy groups -OCH3 is 1. The molecule has 2 aromatic carbocycles. The number of nitrogens with zero attached hydrogens (tertiary/aromatic N) is 1. The lowest BCUT2D eigenvalue weighted by Gasteiger charge is -2.10. The van der Waals surface area contributed by atoms with Crippen LogP contribution >= 0.6 is 0 Å². The molecule has 2 N–H and O–H groups in total. The number of aromatic nitrogens is 1. The average molecular weight is 347 g/mol. The second-order valence-corrected chi connectivity index (χ2v) is 5.40. The van der Waals surface area contributed by atoms with Gasteiger partial charge in [0, 0.05) is 17.4 Å². The molecule has 0 unspecified atom stereocenters. The van der Waals surface area contributed by atoms with Gasteiger partial charge in [-0.3, -0.25) is 14.6 Å². The van der Waals surface area contributed by atoms with Crippen molar-refractivity contribution in [2.45, 2.75) is 0 Å². The number of anilines is 2. The Bertz CT molecular complexity index is 909. The number of pyridine rings is 1. The molecule has 2 amide bonds. The zero-order valence-electron chi connectivity index (χ0n) is 14.1. The van der Waals surface area contributed by atoms with E-state index in [-0.39, 0.29) is 11.8 Å². The summed E-state index contributed by atoms with van der Waals surface area (Å²) in [6.07, 6.45) is 1.56. The van der Waals surface area contributed by atoms with Gasteiger partial charge in [0.1, 0.15) is 11.4 Å². The SMILES string of the molecule is COc1ccccc1NC(=O)c1ccc(NC(=O)c2ccccn2)cc1. The number of carbonyl (C=O) groups excluding carboxylic acids is 2. The van der Waals surface area contributed by atoms with Gasteiger partial charge in [-0.25, -0.2) is 0 Å². The highest BCUT2D eigenvalue weighted by Gasteiger charge is 2.10. The van der Waals surface area contributed by atoms with Crippen LogP contribution in [0.4, 0.5) is 11.4 Å². The van der Waals surface area contributed by atoms with Crippen molar-refractivity contribution in [1.29, 1.82) is 0 Å². The Labute approximate surface area is 150 Å². The molecule has 6 nitrogen and oxygen atoms in total. The van der Waals surface area contributed by atoms with Crippen LogP contribution in [-0.4, -0.2) is 23.9 Å². The van der Waals surface area contributed by atoms with Crippen molar-refractivity contribution < 1.29 is 14.3 Å². The first-order valence-electron chi connectivity index (χ1n) is 7.94. The standard InChI is InChI=1S/C20H17N3O3/c1-26-18-8-3-2-6-16(18)23-19(24)14-9-11-15(12-10-14)22-20(25)17-7-4-5-13-21-17/h2-13H,1H3,(H,22,25)(H,23,24). The quantitative estimate of drug-likeness (QED) is 0.739. The molecule has 130 valence electrons. The second kappa shape index (κ2) is 7.94. The van der Waals surface area contributed by atoms with Crippen LogP contribution in [0.2, 0.25) is 0 Å². The lowest BCUT2D eigenvalue weighted by Crippen LogP contribution is -2.14. The molecule has 1 aromatic heterocycles. The molecule has 0 atom stereocenters. The van der Waals surface area contributed by atoms with Gasteiger partial charge in [0.15, 0.2) is 0 Å². The molecule has 0 saturated heterocycles. The molecule has 3 rings (SSSR count). The number of hydrogen-bond acceptors (Lipinski definition) is 4. The van der Waals surface area contributed by atoms with Crippen LogP contribution in [-0.2, 0) is 0 Å². The minimum absolute atomic E-state index is 0.267. The number of amides is 2. The first-order valence-corrected chi connectivity index (χ1v) is 7.94. The van der Waals surface area contributed by atoms with Crippen molar-refractivity contribution in [2.24, 2.45) is 0 Å². The van der Waals surface area contributed by atoms with E-state index in [2.05, 4.69) is 15.6 Å². The van der Waals surface area contributed by atoms with Gasteiger partial charge in [-0.2, -0.15) is 0 Å². The monoisotopic (exact) mass is 347 g/mol. The van der Waals surface area contributed by atoms with E-state index in [9.17, 15) is 9.59 Å². The maximum atomic E-state index is 12.4. The number of nitrogens with one attached hydrogen (secondary N) is 2. The number of rotatable bonds is 5. The fourth-order valence-electron chi connectivity index (χ4n) is 2.34. The van der Waals surface area contributed by atoms with Crippen LogP contribution in [0.5, 0.6) is 5.75 Å². The summed E-state index contributed by atoms with van der Waals surface area (Å²) in [5.74, 6) is 0.00835. The molecule has 0 aliphatic rings. The molecule has 0 aliphatic carbocycles. The third-order valence-electron chi connectivity index (χ3n) is 3.66. The lowest BCUT2D eigenvalue weighted by molar-refractivity contribution is 0.101. The molecule has 26 heavy (non-hydrogen) atoms. The van der Waals surface area contributed by atoms with Gasteiger partial charge in [-0.05, 0) is 48.5 Å². The average Bonchev–Trinajstić information content (AvgIpc) is 2.69. The number of benzene rings is 2. The number of hydrogen-bond donors (Lipinski definition) is 2. The van der Waals surface area contributed by atoms with Gasteiger partial charge in [0.05, 0.1) is 12.8 Å². The van der Waals surface area contributed by atoms with Gasteiger partial charge in [0.25, 0.3) is 11.8 Å². The molecule has 0 radical (unpaired) electrons. The highest BCUT2D eigenvalue weighted by Crippen LogP contribution is 2.23. The van der Waals surface area contributed by atoms with Crippen LogP contribution in [0.15, 0.2) is 72.9 Å². The fourth-order valence-corrected chi connectivity index (χ4v) is 2.34. The molecule has 0 fully saturated rings. The summed E-state index contributed by atoms with van der Waals surface area (Å²) in [7, 11) is 1.55. The van der Waals surface area contributed by atoms with Crippen LogP contribution in [0, 0.1) is 0 Å². The van der Waals surface area contributed by atoms with Crippen molar-refractivity contribution in [3.63, 3.8) is 0 Å². The summed E-state index contributed by atoms with van der Waals surface area (Å²) < 4.78 is 5.22. The van der Waals surface area contributed by atoms with Crippen LogP contribution in [0.3, 0.4) is 0 Å². The van der Waals surface area contributed by atoms with Gasteiger partial charge < -0.3 is 15.4 Å². The van der Waals surface area contributed by atoms with E-state index in [1.807, 2.05) is 12.1 Å². The minimum Gasteiger partial charge on any atom is -0.495 e. The Kier molecular flexibility index (Phi) is 5.24. The van der Waals surface area contributed by atoms with Crippen molar-refractivity contribution in [3.8, 4) is 5.75 Å². The van der Waals surface area contributed by atoms with E-state index in [4.69, 9.17) is 4.74 Å². The van der Waals surface area contributed by atoms with Crippen molar-refractivity contribution in [3.05, 3.63) is 84.2 Å². The van der Waals surface area contributed by atoms with E-state index in [0.29, 0.717) is 28.4 Å².